The first-order chi connectivity index (χ1) is 30.1. The second-order valence-electron chi connectivity index (χ2n) is 17.3. The highest BCUT2D eigenvalue weighted by molar-refractivity contribution is 5.88. The molecule has 4 aliphatic carbocycles. The van der Waals surface area contributed by atoms with E-state index in [1.807, 2.05) is 13.0 Å². The van der Waals surface area contributed by atoms with E-state index in [9.17, 15) is 29.7 Å². The number of allylic oxidation sites excluding steroid dienone is 4. The molecule has 7 atom stereocenters. The van der Waals surface area contributed by atoms with Crippen LogP contribution >= 0.6 is 0 Å². The van der Waals surface area contributed by atoms with Gasteiger partial charge in [-0.05, 0) is 129 Å². The largest absolute Gasteiger partial charge is 0.478 e. The number of benzene rings is 3. The van der Waals surface area contributed by atoms with E-state index in [0.717, 1.165) is 36.1 Å². The van der Waals surface area contributed by atoms with Crippen molar-refractivity contribution in [2.45, 2.75) is 102 Å². The van der Waals surface area contributed by atoms with Gasteiger partial charge in [-0.3, -0.25) is 0 Å². The molecule has 0 aliphatic heterocycles. The Morgan fingerprint density at radius 1 is 0.794 bits per heavy atom. The van der Waals surface area contributed by atoms with Gasteiger partial charge in [-0.25, -0.2) is 19.4 Å². The summed E-state index contributed by atoms with van der Waals surface area (Å²) in [4.78, 5) is 35.1. The number of aliphatic hydroxyl groups excluding tert-OH is 3. The van der Waals surface area contributed by atoms with Crippen LogP contribution in [0, 0.1) is 30.1 Å². The average Bonchev–Trinajstić information content (AvgIpc) is 3.85. The van der Waals surface area contributed by atoms with Crippen molar-refractivity contribution >= 4 is 17.9 Å². The second kappa shape index (κ2) is 22.0. The van der Waals surface area contributed by atoms with Crippen LogP contribution in [0.5, 0.6) is 0 Å². The molecule has 334 valence electrons. The van der Waals surface area contributed by atoms with Gasteiger partial charge in [0, 0.05) is 6.42 Å². The third-order valence-electron chi connectivity index (χ3n) is 13.0. The van der Waals surface area contributed by atoms with E-state index < -0.39 is 36.2 Å². The first-order valence-corrected chi connectivity index (χ1v) is 21.6. The molecule has 0 bridgehead atoms. The number of carbonyl (C=O) groups is 3. The summed E-state index contributed by atoms with van der Waals surface area (Å²) in [6.45, 7) is 10.8. The van der Waals surface area contributed by atoms with E-state index in [0.29, 0.717) is 53.2 Å². The standard InChI is InChI=1S/C31H43NO4.3C7H6O2/c1-19(7-12-28(35)31(14-15-31)29-32-20(2)18-36-29)25-10-11-26-22(6-5-13-30(25,26)4)8-9-23-16-24(33)17-27(34)21(23)3;3*8-7(9)6-4-2-1-3-5-6/h7-9,12,18-19,24-28,33-35H,3,5-6,10-11,13-17H2,1-2,4H3;3*1-5H,(H,8,9)/b12-7+,22-8+,23-9-;;;/t19-,24-,25-,26+,27+,28+,30-;;;/m1.../s1. The SMILES string of the molecule is C=C1/C(=C\C=C2/CCC[C@]3(C)[C@@H]([C@H](C)/C=C/[C@H](O)C4(c5nc(C)co5)CC4)CC[C@@H]23)C[C@@H](O)C[C@@H]1O.O=C(O)c1ccccc1.O=C(O)c1ccccc1.O=C(O)c1ccccc1. The van der Waals surface area contributed by atoms with Gasteiger partial charge < -0.3 is 35.1 Å². The molecule has 0 unspecified atom stereocenters. The van der Waals surface area contributed by atoms with Crippen LogP contribution in [-0.2, 0) is 5.41 Å². The summed E-state index contributed by atoms with van der Waals surface area (Å²) >= 11 is 0. The van der Waals surface area contributed by atoms with E-state index in [1.54, 1.807) is 97.3 Å². The first-order valence-electron chi connectivity index (χ1n) is 21.6. The van der Waals surface area contributed by atoms with Crippen LogP contribution in [0.4, 0.5) is 0 Å². The minimum Gasteiger partial charge on any atom is -0.478 e. The number of carboxylic acids is 3. The molecule has 8 rings (SSSR count). The summed E-state index contributed by atoms with van der Waals surface area (Å²) in [5.41, 5.74) is 5.01. The normalized spacial score (nSPS) is 25.5. The maximum absolute atomic E-state index is 11.0. The molecule has 63 heavy (non-hydrogen) atoms. The Morgan fingerprint density at radius 2 is 1.32 bits per heavy atom. The number of oxazole rings is 1. The molecule has 0 spiro atoms. The van der Waals surface area contributed by atoms with E-state index in [4.69, 9.17) is 19.7 Å². The van der Waals surface area contributed by atoms with Gasteiger partial charge in [-0.15, -0.1) is 0 Å². The third kappa shape index (κ3) is 12.6. The highest BCUT2D eigenvalue weighted by atomic mass is 16.4. The van der Waals surface area contributed by atoms with E-state index in [1.165, 1.54) is 31.3 Å². The fourth-order valence-corrected chi connectivity index (χ4v) is 9.30. The summed E-state index contributed by atoms with van der Waals surface area (Å²) in [6.07, 6.45) is 17.3. The molecule has 11 heteroatoms. The number of fused-ring (bicyclic) bond motifs is 1. The van der Waals surface area contributed by atoms with Crippen molar-refractivity contribution in [3.8, 4) is 0 Å². The number of hydrogen-bond donors (Lipinski definition) is 6. The van der Waals surface area contributed by atoms with Crippen molar-refractivity contribution in [2.75, 3.05) is 0 Å². The molecule has 1 heterocycles. The Labute approximate surface area is 369 Å². The lowest BCUT2D eigenvalue weighted by Gasteiger charge is -2.44. The lowest BCUT2D eigenvalue weighted by Crippen LogP contribution is -2.35. The molecule has 0 radical (unpaired) electrons. The molecular weight excluding hydrogens is 799 g/mol. The number of aromatic carboxylic acids is 3. The maximum atomic E-state index is 11.0. The Balaban J connectivity index is 0.000000221. The van der Waals surface area contributed by atoms with Gasteiger partial charge in [0.25, 0.3) is 0 Å². The van der Waals surface area contributed by atoms with Crippen LogP contribution in [0.15, 0.2) is 149 Å². The highest BCUT2D eigenvalue weighted by Gasteiger charge is 2.54. The predicted octanol–water partition coefficient (Wildman–Crippen LogP) is 9.86. The van der Waals surface area contributed by atoms with E-state index in [2.05, 4.69) is 43.6 Å². The van der Waals surface area contributed by atoms with Gasteiger partial charge in [0.05, 0.1) is 46.1 Å². The molecule has 4 fully saturated rings. The molecule has 11 nitrogen and oxygen atoms in total. The fraction of sp³-hybridized carbons (Fsp3) is 0.385. The van der Waals surface area contributed by atoms with Gasteiger partial charge in [0.2, 0.25) is 5.89 Å². The average molecular weight is 860 g/mol. The molecule has 0 saturated heterocycles. The predicted molar refractivity (Wildman–Crippen MR) is 241 cm³/mol. The van der Waals surface area contributed by atoms with Crippen LogP contribution in [0.2, 0.25) is 0 Å². The monoisotopic (exact) mass is 859 g/mol. The number of nitrogens with zero attached hydrogens (tertiary/aromatic N) is 1. The Morgan fingerprint density at radius 3 is 1.76 bits per heavy atom. The Hall–Kier alpha value is -5.88. The number of aromatic nitrogens is 1. The minimum absolute atomic E-state index is 0.247. The minimum atomic E-state index is -0.879. The zero-order valence-corrected chi connectivity index (χ0v) is 36.3. The van der Waals surface area contributed by atoms with Crippen molar-refractivity contribution in [3.05, 3.63) is 173 Å². The van der Waals surface area contributed by atoms with Crippen molar-refractivity contribution in [1.82, 2.24) is 4.98 Å². The third-order valence-corrected chi connectivity index (χ3v) is 13.0. The van der Waals surface area contributed by atoms with Crippen molar-refractivity contribution in [1.29, 1.82) is 0 Å². The van der Waals surface area contributed by atoms with Crippen LogP contribution in [0.25, 0.3) is 0 Å². The Bertz CT molecular complexity index is 2120. The molecule has 0 amide bonds. The quantitative estimate of drug-likeness (QED) is 0.0876. The van der Waals surface area contributed by atoms with Crippen LogP contribution < -0.4 is 0 Å². The molecule has 3 aromatic carbocycles. The van der Waals surface area contributed by atoms with Gasteiger partial charge in [-0.2, -0.15) is 0 Å². The number of carboxylic acid groups (broad SMARTS) is 3. The second-order valence-corrected chi connectivity index (χ2v) is 17.3. The van der Waals surface area contributed by atoms with Gasteiger partial charge in [0.1, 0.15) is 6.26 Å². The molecule has 4 saturated carbocycles. The lowest BCUT2D eigenvalue weighted by molar-refractivity contribution is 0.0686. The van der Waals surface area contributed by atoms with Crippen LogP contribution in [0.3, 0.4) is 0 Å². The van der Waals surface area contributed by atoms with Crippen LogP contribution in [-0.4, -0.2) is 71.8 Å². The summed E-state index contributed by atoms with van der Waals surface area (Å²) in [5.74, 6) is -0.436. The fourth-order valence-electron chi connectivity index (χ4n) is 9.30. The topological polar surface area (TPSA) is 199 Å². The number of hydrogen-bond acceptors (Lipinski definition) is 8. The summed E-state index contributed by atoms with van der Waals surface area (Å²) in [5, 5.41) is 56.5. The number of aliphatic hydroxyl groups is 3. The highest BCUT2D eigenvalue weighted by Crippen LogP contribution is 2.60. The smallest absolute Gasteiger partial charge is 0.335 e. The van der Waals surface area contributed by atoms with Gasteiger partial charge in [0.15, 0.2) is 0 Å². The number of aryl methyl sites for hydroxylation is 1. The molecule has 4 aliphatic rings. The molecule has 4 aromatic rings. The summed E-state index contributed by atoms with van der Waals surface area (Å²) in [6, 6.07) is 24.9. The van der Waals surface area contributed by atoms with Crippen molar-refractivity contribution in [3.63, 3.8) is 0 Å². The molecule has 1 aromatic heterocycles. The van der Waals surface area contributed by atoms with Crippen molar-refractivity contribution in [2.24, 2.45) is 23.2 Å². The molecule has 6 N–H and O–H groups in total. The lowest BCUT2D eigenvalue weighted by atomic mass is 9.61. The summed E-state index contributed by atoms with van der Waals surface area (Å²) < 4.78 is 5.65. The van der Waals surface area contributed by atoms with E-state index >= 15 is 0 Å². The Kier molecular flexibility index (Phi) is 16.8. The maximum Gasteiger partial charge on any atom is 0.335 e. The summed E-state index contributed by atoms with van der Waals surface area (Å²) in [7, 11) is 0. The zero-order chi connectivity index (χ0) is 45.7. The zero-order valence-electron chi connectivity index (χ0n) is 36.3. The first kappa shape index (κ1) is 48.2. The van der Waals surface area contributed by atoms with Crippen LogP contribution in [0.1, 0.15) is 114 Å². The van der Waals surface area contributed by atoms with Gasteiger partial charge >= 0.3 is 17.9 Å². The van der Waals surface area contributed by atoms with Gasteiger partial charge in [-0.1, -0.05) is 105 Å². The molecular formula is C52H61NO10. The van der Waals surface area contributed by atoms with E-state index in [-0.39, 0.29) is 10.8 Å². The number of rotatable bonds is 9. The van der Waals surface area contributed by atoms with Crippen molar-refractivity contribution < 1.29 is 49.4 Å².